The highest BCUT2D eigenvalue weighted by Gasteiger charge is 2.08. The third kappa shape index (κ3) is 2.86. The van der Waals surface area contributed by atoms with Crippen LogP contribution in [0.15, 0.2) is 24.4 Å². The monoisotopic (exact) mass is 219 g/mol. The predicted molar refractivity (Wildman–Crippen MR) is 65.5 cm³/mol. The van der Waals surface area contributed by atoms with Crippen molar-refractivity contribution in [1.82, 2.24) is 4.90 Å². The summed E-state index contributed by atoms with van der Waals surface area (Å²) in [4.78, 5) is 12.9. The minimum atomic E-state index is 0.616. The van der Waals surface area contributed by atoms with Crippen LogP contribution in [0.2, 0.25) is 0 Å². The minimum Gasteiger partial charge on any atom is -0.496 e. The summed E-state index contributed by atoms with van der Waals surface area (Å²) in [5, 5.41) is 0. The van der Waals surface area contributed by atoms with Gasteiger partial charge in [-0.05, 0) is 19.1 Å². The number of allylic oxidation sites excluding steroid dienone is 1. The Morgan fingerprint density at radius 2 is 2.06 bits per heavy atom. The van der Waals surface area contributed by atoms with E-state index in [-0.39, 0.29) is 0 Å². The summed E-state index contributed by atoms with van der Waals surface area (Å²) in [5.41, 5.74) is 2.54. The SMILES string of the molecule is COc1ccc(C)cc1/C(C=O)=C/N(C)C. The first-order valence-corrected chi connectivity index (χ1v) is 5.07. The molecular weight excluding hydrogens is 202 g/mol. The maximum Gasteiger partial charge on any atom is 0.152 e. The van der Waals surface area contributed by atoms with Gasteiger partial charge in [0.15, 0.2) is 6.29 Å². The normalized spacial score (nSPS) is 11.1. The van der Waals surface area contributed by atoms with Gasteiger partial charge in [-0.15, -0.1) is 0 Å². The number of aryl methyl sites for hydroxylation is 1. The molecule has 0 radical (unpaired) electrons. The number of carbonyl (C=O) groups is 1. The van der Waals surface area contributed by atoms with E-state index in [1.54, 1.807) is 13.3 Å². The molecule has 0 saturated heterocycles. The summed E-state index contributed by atoms with van der Waals surface area (Å²) in [5.74, 6) is 0.714. The van der Waals surface area contributed by atoms with Gasteiger partial charge in [0.1, 0.15) is 5.75 Å². The number of rotatable bonds is 4. The molecule has 0 bridgehead atoms. The van der Waals surface area contributed by atoms with Crippen LogP contribution in [0.1, 0.15) is 11.1 Å². The van der Waals surface area contributed by atoms with Crippen LogP contribution in [0.5, 0.6) is 5.75 Å². The number of carbonyl (C=O) groups excluding carboxylic acids is 1. The summed E-state index contributed by atoms with van der Waals surface area (Å²) in [7, 11) is 5.36. The zero-order valence-electron chi connectivity index (χ0n) is 10.2. The van der Waals surface area contributed by atoms with Crippen molar-refractivity contribution in [2.75, 3.05) is 21.2 Å². The molecule has 0 spiro atoms. The largest absolute Gasteiger partial charge is 0.496 e. The molecule has 1 aromatic carbocycles. The molecule has 0 heterocycles. The van der Waals surface area contributed by atoms with E-state index in [2.05, 4.69) is 0 Å². The molecule has 0 aliphatic rings. The Kier molecular flexibility index (Phi) is 4.11. The van der Waals surface area contributed by atoms with Gasteiger partial charge in [0.25, 0.3) is 0 Å². The van der Waals surface area contributed by atoms with Gasteiger partial charge in [-0.1, -0.05) is 11.6 Å². The molecule has 3 nitrogen and oxygen atoms in total. The van der Waals surface area contributed by atoms with Crippen LogP contribution in [0.25, 0.3) is 5.57 Å². The molecule has 0 aliphatic carbocycles. The Bertz CT molecular complexity index is 408. The summed E-state index contributed by atoms with van der Waals surface area (Å²) in [6.45, 7) is 1.99. The van der Waals surface area contributed by atoms with Crippen molar-refractivity contribution in [3.63, 3.8) is 0 Å². The molecule has 0 aromatic heterocycles. The molecule has 0 saturated carbocycles. The smallest absolute Gasteiger partial charge is 0.152 e. The van der Waals surface area contributed by atoms with Crippen LogP contribution in [0.4, 0.5) is 0 Å². The standard InChI is InChI=1S/C13H17NO2/c1-10-5-6-13(16-4)12(7-10)11(9-15)8-14(2)3/h5-9H,1-4H3/b11-8+. The summed E-state index contributed by atoms with van der Waals surface area (Å²) in [6, 6.07) is 5.78. The molecule has 86 valence electrons. The summed E-state index contributed by atoms with van der Waals surface area (Å²) < 4.78 is 5.25. The van der Waals surface area contributed by atoms with Crippen molar-refractivity contribution in [1.29, 1.82) is 0 Å². The lowest BCUT2D eigenvalue weighted by Crippen LogP contribution is -2.04. The third-order valence-electron chi connectivity index (χ3n) is 2.19. The topological polar surface area (TPSA) is 29.5 Å². The number of hydrogen-bond acceptors (Lipinski definition) is 3. The second-order valence-corrected chi connectivity index (χ2v) is 3.87. The van der Waals surface area contributed by atoms with Crippen LogP contribution >= 0.6 is 0 Å². The number of ether oxygens (including phenoxy) is 1. The van der Waals surface area contributed by atoms with E-state index in [1.165, 1.54) is 0 Å². The van der Waals surface area contributed by atoms with Crippen molar-refractivity contribution < 1.29 is 9.53 Å². The fourth-order valence-electron chi connectivity index (χ4n) is 1.49. The lowest BCUT2D eigenvalue weighted by atomic mass is 10.0. The molecule has 1 rings (SSSR count). The molecule has 0 atom stereocenters. The van der Waals surface area contributed by atoms with Crippen molar-refractivity contribution >= 4 is 11.9 Å². The van der Waals surface area contributed by atoms with Crippen molar-refractivity contribution in [3.8, 4) is 5.75 Å². The molecule has 1 aromatic rings. The van der Waals surface area contributed by atoms with Gasteiger partial charge in [-0.3, -0.25) is 4.79 Å². The number of methoxy groups -OCH3 is 1. The Labute approximate surface area is 96.3 Å². The molecule has 0 aliphatic heterocycles. The van der Waals surface area contributed by atoms with Crippen LogP contribution in [0, 0.1) is 6.92 Å². The van der Waals surface area contributed by atoms with Crippen LogP contribution in [-0.4, -0.2) is 32.4 Å². The van der Waals surface area contributed by atoms with Crippen molar-refractivity contribution in [2.45, 2.75) is 6.92 Å². The average Bonchev–Trinajstić information content (AvgIpc) is 2.25. The van der Waals surface area contributed by atoms with Crippen LogP contribution < -0.4 is 4.74 Å². The molecule has 0 fully saturated rings. The van der Waals surface area contributed by atoms with Crippen molar-refractivity contribution in [2.24, 2.45) is 0 Å². The molecule has 0 amide bonds. The van der Waals surface area contributed by atoms with E-state index in [9.17, 15) is 4.79 Å². The maximum atomic E-state index is 11.1. The molecule has 3 heteroatoms. The molecule has 0 unspecified atom stereocenters. The van der Waals surface area contributed by atoms with Gasteiger partial charge in [-0.2, -0.15) is 0 Å². The number of benzene rings is 1. The Hall–Kier alpha value is -1.77. The van der Waals surface area contributed by atoms with Gasteiger partial charge < -0.3 is 9.64 Å². The maximum absolute atomic E-state index is 11.1. The predicted octanol–water partition coefficient (Wildman–Crippen LogP) is 2.11. The third-order valence-corrected chi connectivity index (χ3v) is 2.19. The Balaban J connectivity index is 3.28. The quantitative estimate of drug-likeness (QED) is 0.573. The fraction of sp³-hybridized carbons (Fsp3) is 0.308. The zero-order chi connectivity index (χ0) is 12.1. The van der Waals surface area contributed by atoms with Gasteiger partial charge in [0, 0.05) is 31.4 Å². The fourth-order valence-corrected chi connectivity index (χ4v) is 1.49. The first kappa shape index (κ1) is 12.3. The van der Waals surface area contributed by atoms with Crippen molar-refractivity contribution in [3.05, 3.63) is 35.5 Å². The summed E-state index contributed by atoms with van der Waals surface area (Å²) >= 11 is 0. The molecule has 16 heavy (non-hydrogen) atoms. The highest BCUT2D eigenvalue weighted by atomic mass is 16.5. The van der Waals surface area contributed by atoms with E-state index in [0.29, 0.717) is 11.3 Å². The first-order chi connectivity index (χ1) is 7.58. The first-order valence-electron chi connectivity index (χ1n) is 5.07. The van der Waals surface area contributed by atoms with Gasteiger partial charge in [-0.25, -0.2) is 0 Å². The molecular formula is C13H17NO2. The Morgan fingerprint density at radius 1 is 1.38 bits per heavy atom. The van der Waals surface area contributed by atoms with Gasteiger partial charge >= 0.3 is 0 Å². The second kappa shape index (κ2) is 5.35. The zero-order valence-corrected chi connectivity index (χ0v) is 10.2. The lowest BCUT2D eigenvalue weighted by molar-refractivity contribution is -0.103. The highest BCUT2D eigenvalue weighted by molar-refractivity contribution is 6.07. The lowest BCUT2D eigenvalue weighted by Gasteiger charge is -2.11. The molecule has 0 N–H and O–H groups in total. The number of hydrogen-bond donors (Lipinski definition) is 0. The number of aldehydes is 1. The van der Waals surface area contributed by atoms with Gasteiger partial charge in [0.05, 0.1) is 7.11 Å². The van der Waals surface area contributed by atoms with E-state index in [4.69, 9.17) is 4.74 Å². The van der Waals surface area contributed by atoms with E-state index >= 15 is 0 Å². The van der Waals surface area contributed by atoms with E-state index < -0.39 is 0 Å². The van der Waals surface area contributed by atoms with E-state index in [1.807, 2.05) is 44.1 Å². The highest BCUT2D eigenvalue weighted by Crippen LogP contribution is 2.26. The second-order valence-electron chi connectivity index (χ2n) is 3.87. The Morgan fingerprint density at radius 3 is 2.56 bits per heavy atom. The average molecular weight is 219 g/mol. The van der Waals surface area contributed by atoms with E-state index in [0.717, 1.165) is 17.4 Å². The minimum absolute atomic E-state index is 0.616. The number of nitrogens with zero attached hydrogens (tertiary/aromatic N) is 1. The van der Waals surface area contributed by atoms with Crippen LogP contribution in [0.3, 0.4) is 0 Å². The van der Waals surface area contributed by atoms with Crippen LogP contribution in [-0.2, 0) is 4.79 Å². The summed E-state index contributed by atoms with van der Waals surface area (Å²) in [6.07, 6.45) is 2.63. The van der Waals surface area contributed by atoms with Gasteiger partial charge in [0.2, 0.25) is 0 Å².